The summed E-state index contributed by atoms with van der Waals surface area (Å²) in [6, 6.07) is 16.4. The molecule has 3 aliphatic heterocycles. The van der Waals surface area contributed by atoms with E-state index in [0.29, 0.717) is 25.4 Å². The molecule has 202 valence electrons. The number of aromatic nitrogens is 1. The monoisotopic (exact) mass is 528 g/mol. The van der Waals surface area contributed by atoms with E-state index in [9.17, 15) is 19.2 Å². The van der Waals surface area contributed by atoms with Gasteiger partial charge in [0.05, 0.1) is 7.11 Å². The fourth-order valence-corrected chi connectivity index (χ4v) is 6.97. The van der Waals surface area contributed by atoms with Crippen LogP contribution in [0.15, 0.2) is 59.4 Å². The summed E-state index contributed by atoms with van der Waals surface area (Å²) in [7, 11) is 4.46. The van der Waals surface area contributed by atoms with Gasteiger partial charge in [0.25, 0.3) is 5.56 Å². The van der Waals surface area contributed by atoms with E-state index in [0.717, 1.165) is 38.3 Å². The van der Waals surface area contributed by atoms with Gasteiger partial charge in [-0.05, 0) is 35.2 Å². The first kappa shape index (κ1) is 25.3. The van der Waals surface area contributed by atoms with Crippen molar-refractivity contribution in [2.75, 3.05) is 40.8 Å². The molecule has 2 atom stereocenters. The average molecular weight is 529 g/mol. The first-order chi connectivity index (χ1) is 18.7. The first-order valence-corrected chi connectivity index (χ1v) is 13.3. The number of imide groups is 2. The Labute approximate surface area is 226 Å². The SMILES string of the molecule is COc1ccc2ccccc2c1CC1(CN2C[C@H]3C[C@@H](C2)c2cccc(=O)n2C3)C(=O)N(C)C(=O)N(C)C1=O. The van der Waals surface area contributed by atoms with Crippen molar-refractivity contribution in [3.05, 3.63) is 76.2 Å². The smallest absolute Gasteiger partial charge is 0.332 e. The summed E-state index contributed by atoms with van der Waals surface area (Å²) >= 11 is 0. The predicted octanol–water partition coefficient (Wildman–Crippen LogP) is 2.71. The molecule has 2 saturated heterocycles. The van der Waals surface area contributed by atoms with Crippen molar-refractivity contribution in [3.63, 3.8) is 0 Å². The number of piperidine rings is 1. The molecule has 0 unspecified atom stereocenters. The number of urea groups is 1. The zero-order valence-electron chi connectivity index (χ0n) is 22.4. The third-order valence-electron chi connectivity index (χ3n) is 8.75. The van der Waals surface area contributed by atoms with E-state index < -0.39 is 23.3 Å². The Morgan fingerprint density at radius 3 is 2.36 bits per heavy atom. The highest BCUT2D eigenvalue weighted by Gasteiger charge is 2.57. The molecule has 4 amide bonds. The lowest BCUT2D eigenvalue weighted by Crippen LogP contribution is -2.67. The van der Waals surface area contributed by atoms with Crippen molar-refractivity contribution in [2.24, 2.45) is 11.3 Å². The van der Waals surface area contributed by atoms with Crippen LogP contribution in [0.3, 0.4) is 0 Å². The molecule has 2 fully saturated rings. The van der Waals surface area contributed by atoms with Crippen molar-refractivity contribution in [3.8, 4) is 5.75 Å². The summed E-state index contributed by atoms with van der Waals surface area (Å²) in [4.78, 5) is 57.7. The molecule has 9 nitrogen and oxygen atoms in total. The fraction of sp³-hybridized carbons (Fsp3) is 0.400. The Balaban J connectivity index is 1.44. The number of barbiturate groups is 1. The Hall–Kier alpha value is -3.98. The summed E-state index contributed by atoms with van der Waals surface area (Å²) in [5, 5.41) is 1.88. The van der Waals surface area contributed by atoms with Crippen LogP contribution in [0.1, 0.15) is 23.6 Å². The van der Waals surface area contributed by atoms with E-state index in [1.54, 1.807) is 19.2 Å². The van der Waals surface area contributed by atoms with Gasteiger partial charge >= 0.3 is 6.03 Å². The van der Waals surface area contributed by atoms with Crippen LogP contribution in [0.25, 0.3) is 10.8 Å². The average Bonchev–Trinajstić information content (AvgIpc) is 2.94. The summed E-state index contributed by atoms with van der Waals surface area (Å²) in [5.41, 5.74) is 0.257. The van der Waals surface area contributed by atoms with E-state index in [1.807, 2.05) is 47.0 Å². The number of benzene rings is 2. The molecule has 2 bridgehead atoms. The van der Waals surface area contributed by atoms with Crippen LogP contribution in [0, 0.1) is 11.3 Å². The maximum absolute atomic E-state index is 14.1. The number of pyridine rings is 1. The Bertz CT molecular complexity index is 1540. The molecule has 6 rings (SSSR count). The second-order valence-corrected chi connectivity index (χ2v) is 11.1. The number of methoxy groups -OCH3 is 1. The second-order valence-electron chi connectivity index (χ2n) is 11.1. The standard InChI is InChI=1S/C30H32N4O5/c1-31-27(36)30(28(37)32(2)29(31)38,14-23-22-8-5-4-7-20(22)11-12-25(23)39-3)18-33-15-19-13-21(17-33)24-9-6-10-26(35)34(24)16-19/h4-12,19,21H,13-18H2,1-3H3/t19-,21+/m1/s1. The number of hydrogen-bond acceptors (Lipinski definition) is 6. The Morgan fingerprint density at radius 2 is 1.62 bits per heavy atom. The van der Waals surface area contributed by atoms with E-state index in [4.69, 9.17) is 4.74 Å². The molecule has 0 saturated carbocycles. The van der Waals surface area contributed by atoms with E-state index in [-0.39, 0.29) is 30.4 Å². The number of likely N-dealkylation sites (tertiary alicyclic amines) is 1. The van der Waals surface area contributed by atoms with Gasteiger partial charge in [-0.2, -0.15) is 0 Å². The van der Waals surface area contributed by atoms with Gasteiger partial charge in [0.1, 0.15) is 11.2 Å². The number of amides is 4. The zero-order valence-corrected chi connectivity index (χ0v) is 22.4. The molecule has 39 heavy (non-hydrogen) atoms. The van der Waals surface area contributed by atoms with Crippen LogP contribution in [-0.4, -0.2) is 78.0 Å². The summed E-state index contributed by atoms with van der Waals surface area (Å²) in [6.45, 7) is 2.07. The third-order valence-corrected chi connectivity index (χ3v) is 8.75. The highest BCUT2D eigenvalue weighted by Crippen LogP contribution is 2.41. The molecule has 2 aromatic carbocycles. The van der Waals surface area contributed by atoms with Gasteiger partial charge < -0.3 is 14.2 Å². The number of carbonyl (C=O) groups is 3. The Morgan fingerprint density at radius 1 is 0.872 bits per heavy atom. The van der Waals surface area contributed by atoms with Gasteiger partial charge in [0.2, 0.25) is 11.8 Å². The van der Waals surface area contributed by atoms with Crippen LogP contribution in [0.5, 0.6) is 5.75 Å². The molecule has 0 spiro atoms. The number of hydrogen-bond donors (Lipinski definition) is 0. The minimum atomic E-state index is -1.52. The van der Waals surface area contributed by atoms with Gasteiger partial charge in [-0.1, -0.05) is 36.4 Å². The normalized spacial score (nSPS) is 22.8. The zero-order chi connectivity index (χ0) is 27.5. The van der Waals surface area contributed by atoms with Gasteiger partial charge in [-0.15, -0.1) is 0 Å². The predicted molar refractivity (Wildman–Crippen MR) is 146 cm³/mol. The third kappa shape index (κ3) is 3.95. The lowest BCUT2D eigenvalue weighted by molar-refractivity contribution is -0.159. The van der Waals surface area contributed by atoms with Crippen molar-refractivity contribution in [2.45, 2.75) is 25.3 Å². The maximum Gasteiger partial charge on any atom is 0.332 e. The second kappa shape index (κ2) is 9.34. The van der Waals surface area contributed by atoms with Gasteiger partial charge in [0, 0.05) is 69.9 Å². The molecule has 0 radical (unpaired) electrons. The van der Waals surface area contributed by atoms with E-state index >= 15 is 0 Å². The number of ether oxygens (including phenoxy) is 1. The van der Waals surface area contributed by atoms with Gasteiger partial charge in [-0.3, -0.25) is 24.2 Å². The van der Waals surface area contributed by atoms with Gasteiger partial charge in [-0.25, -0.2) is 4.79 Å². The summed E-state index contributed by atoms with van der Waals surface area (Å²) < 4.78 is 7.59. The summed E-state index contributed by atoms with van der Waals surface area (Å²) in [6.07, 6.45) is 1.06. The van der Waals surface area contributed by atoms with Crippen LogP contribution < -0.4 is 10.3 Å². The van der Waals surface area contributed by atoms with Crippen molar-refractivity contribution < 1.29 is 19.1 Å². The van der Waals surface area contributed by atoms with E-state index in [2.05, 4.69) is 4.90 Å². The lowest BCUT2D eigenvalue weighted by atomic mass is 9.74. The molecular weight excluding hydrogens is 496 g/mol. The maximum atomic E-state index is 14.1. The molecule has 4 heterocycles. The summed E-state index contributed by atoms with van der Waals surface area (Å²) in [5.74, 6) is -0.0524. The lowest BCUT2D eigenvalue weighted by Gasteiger charge is -2.48. The van der Waals surface area contributed by atoms with Crippen molar-refractivity contribution in [1.29, 1.82) is 0 Å². The van der Waals surface area contributed by atoms with Crippen LogP contribution in [0.4, 0.5) is 4.79 Å². The Kier molecular flexibility index (Phi) is 6.06. The van der Waals surface area contributed by atoms with Gasteiger partial charge in [0.15, 0.2) is 0 Å². The highest BCUT2D eigenvalue weighted by molar-refractivity contribution is 6.19. The number of nitrogens with zero attached hydrogens (tertiary/aromatic N) is 4. The molecule has 0 N–H and O–H groups in total. The minimum absolute atomic E-state index is 0.00886. The molecule has 1 aromatic heterocycles. The molecule has 0 aliphatic carbocycles. The minimum Gasteiger partial charge on any atom is -0.496 e. The van der Waals surface area contributed by atoms with Crippen molar-refractivity contribution in [1.82, 2.24) is 19.3 Å². The highest BCUT2D eigenvalue weighted by atomic mass is 16.5. The fourth-order valence-electron chi connectivity index (χ4n) is 6.97. The van der Waals surface area contributed by atoms with Crippen molar-refractivity contribution >= 4 is 28.6 Å². The first-order valence-electron chi connectivity index (χ1n) is 13.3. The van der Waals surface area contributed by atoms with Crippen LogP contribution in [-0.2, 0) is 22.6 Å². The van der Waals surface area contributed by atoms with Crippen LogP contribution in [0.2, 0.25) is 0 Å². The number of fused-ring (bicyclic) bond motifs is 5. The van der Waals surface area contributed by atoms with E-state index in [1.165, 1.54) is 14.1 Å². The topological polar surface area (TPSA) is 92.2 Å². The largest absolute Gasteiger partial charge is 0.496 e. The molecule has 9 heteroatoms. The number of rotatable bonds is 5. The van der Waals surface area contributed by atoms with Crippen LogP contribution >= 0.6 is 0 Å². The molecular formula is C30H32N4O5. The molecule has 3 aromatic rings. The molecule has 3 aliphatic rings. The number of carbonyl (C=O) groups excluding carboxylic acids is 3. The quantitative estimate of drug-likeness (QED) is 0.473.